The summed E-state index contributed by atoms with van der Waals surface area (Å²) in [6.07, 6.45) is 0.0185. The fourth-order valence-electron chi connectivity index (χ4n) is 0.636. The van der Waals surface area contributed by atoms with Gasteiger partial charge in [0.15, 0.2) is 0 Å². The first-order valence-electron chi connectivity index (χ1n) is 2.41. The zero-order chi connectivity index (χ0) is 4.73. The van der Waals surface area contributed by atoms with Crippen molar-refractivity contribution in [3.8, 4) is 0 Å². The Morgan fingerprint density at radius 2 is 1.33 bits per heavy atom. The second kappa shape index (κ2) is 0.969. The van der Waals surface area contributed by atoms with E-state index in [1.807, 2.05) is 0 Å². The predicted octanol–water partition coefficient (Wildman–Crippen LogP) is 0.633. The van der Waals surface area contributed by atoms with Gasteiger partial charge in [0.25, 0.3) is 0 Å². The Labute approximate surface area is 38.0 Å². The molecule has 1 aliphatic rings. The zero-order valence-electron chi connectivity index (χ0n) is 4.18. The van der Waals surface area contributed by atoms with Crippen LogP contribution in [0.15, 0.2) is 0 Å². The van der Waals surface area contributed by atoms with Crippen molar-refractivity contribution in [3.05, 3.63) is 0 Å². The van der Waals surface area contributed by atoms with Gasteiger partial charge in [-0.2, -0.15) is 0 Å². The summed E-state index contributed by atoms with van der Waals surface area (Å²) in [4.78, 5) is 0. The van der Waals surface area contributed by atoms with E-state index in [4.69, 9.17) is 5.11 Å². The third-order valence-electron chi connectivity index (χ3n) is 1.77. The second-order valence-electron chi connectivity index (χ2n) is 2.21. The minimum Gasteiger partial charge on any atom is -0.393 e. The molecule has 1 nitrogen and oxygen atoms in total. The molecule has 2 atom stereocenters. The maximum atomic E-state index is 8.70. The van der Waals surface area contributed by atoms with E-state index in [1.54, 1.807) is 0 Å². The molecule has 1 fully saturated rings. The summed E-state index contributed by atoms with van der Waals surface area (Å²) in [7, 11) is 0. The van der Waals surface area contributed by atoms with E-state index in [9.17, 15) is 0 Å². The minimum atomic E-state index is 0.0185. The molecule has 0 heterocycles. The van der Waals surface area contributed by atoms with Gasteiger partial charge in [0.05, 0.1) is 6.10 Å². The fourth-order valence-corrected chi connectivity index (χ4v) is 0.636. The lowest BCUT2D eigenvalue weighted by Gasteiger charge is -1.68. The van der Waals surface area contributed by atoms with Gasteiger partial charge in [0, 0.05) is 0 Å². The van der Waals surface area contributed by atoms with Crippen LogP contribution in [0, 0.1) is 11.8 Å². The molecule has 36 valence electrons. The van der Waals surface area contributed by atoms with Crippen LogP contribution in [-0.4, -0.2) is 11.2 Å². The molecule has 0 aromatic carbocycles. The third-order valence-corrected chi connectivity index (χ3v) is 1.77. The van der Waals surface area contributed by atoms with Gasteiger partial charge in [-0.1, -0.05) is 13.8 Å². The molecule has 0 aromatic heterocycles. The summed E-state index contributed by atoms with van der Waals surface area (Å²) in [6, 6.07) is 0. The molecule has 6 heavy (non-hydrogen) atoms. The van der Waals surface area contributed by atoms with Gasteiger partial charge in [0.2, 0.25) is 0 Å². The Hall–Kier alpha value is -0.0400. The van der Waals surface area contributed by atoms with Crippen LogP contribution in [0.4, 0.5) is 0 Å². The van der Waals surface area contributed by atoms with Gasteiger partial charge < -0.3 is 5.11 Å². The first kappa shape index (κ1) is 4.13. The molecule has 0 bridgehead atoms. The monoisotopic (exact) mass is 86.1 g/mol. The lowest BCUT2D eigenvalue weighted by Crippen LogP contribution is -1.77. The molecule has 0 spiro atoms. The third kappa shape index (κ3) is 0.350. The van der Waals surface area contributed by atoms with Crippen molar-refractivity contribution < 1.29 is 5.11 Å². The van der Waals surface area contributed by atoms with E-state index >= 15 is 0 Å². The number of hydrogen-bond acceptors (Lipinski definition) is 1. The summed E-state index contributed by atoms with van der Waals surface area (Å²) in [5.41, 5.74) is 0. The molecule has 0 aliphatic heterocycles. The van der Waals surface area contributed by atoms with Crippen molar-refractivity contribution in [3.63, 3.8) is 0 Å². The molecule has 0 radical (unpaired) electrons. The highest BCUT2D eigenvalue weighted by atomic mass is 16.3. The molecule has 1 N–H and O–H groups in total. The topological polar surface area (TPSA) is 20.2 Å². The van der Waals surface area contributed by atoms with E-state index in [0.717, 1.165) is 0 Å². The van der Waals surface area contributed by atoms with Gasteiger partial charge in [-0.3, -0.25) is 0 Å². The smallest absolute Gasteiger partial charge is 0.0598 e. The molecule has 1 rings (SSSR count). The first-order chi connectivity index (χ1) is 2.73. The van der Waals surface area contributed by atoms with Crippen molar-refractivity contribution in [2.24, 2.45) is 11.8 Å². The van der Waals surface area contributed by atoms with Crippen LogP contribution >= 0.6 is 0 Å². The Balaban J connectivity index is 2.31. The fraction of sp³-hybridized carbons (Fsp3) is 1.00. The Kier molecular flexibility index (Phi) is 0.667. The van der Waals surface area contributed by atoms with Crippen LogP contribution in [0.2, 0.25) is 0 Å². The molecule has 0 saturated heterocycles. The maximum Gasteiger partial charge on any atom is 0.0598 e. The lowest BCUT2D eigenvalue weighted by molar-refractivity contribution is 0.252. The van der Waals surface area contributed by atoms with Gasteiger partial charge in [-0.25, -0.2) is 0 Å². The van der Waals surface area contributed by atoms with Crippen LogP contribution < -0.4 is 0 Å². The van der Waals surface area contributed by atoms with Crippen molar-refractivity contribution in [1.82, 2.24) is 0 Å². The Morgan fingerprint density at radius 3 is 1.33 bits per heavy atom. The van der Waals surface area contributed by atoms with E-state index in [0.29, 0.717) is 11.8 Å². The van der Waals surface area contributed by atoms with Crippen LogP contribution in [0.5, 0.6) is 0 Å². The highest BCUT2D eigenvalue weighted by molar-refractivity contribution is 4.90. The summed E-state index contributed by atoms with van der Waals surface area (Å²) in [6.45, 7) is 4.13. The quantitative estimate of drug-likeness (QED) is 0.458. The summed E-state index contributed by atoms with van der Waals surface area (Å²) in [5.74, 6) is 1.15. The van der Waals surface area contributed by atoms with Crippen LogP contribution in [0.3, 0.4) is 0 Å². The molecule has 0 aromatic rings. The van der Waals surface area contributed by atoms with Gasteiger partial charge in [-0.15, -0.1) is 0 Å². The SMILES string of the molecule is C[C@@H]1C(O)[C@H]1C. The van der Waals surface area contributed by atoms with E-state index in [-0.39, 0.29) is 6.10 Å². The van der Waals surface area contributed by atoms with Crippen LogP contribution in [-0.2, 0) is 0 Å². The average Bonchev–Trinajstić information content (AvgIpc) is 1.94. The maximum absolute atomic E-state index is 8.70. The van der Waals surface area contributed by atoms with Crippen molar-refractivity contribution in [2.45, 2.75) is 20.0 Å². The van der Waals surface area contributed by atoms with Crippen molar-refractivity contribution in [2.75, 3.05) is 0 Å². The Morgan fingerprint density at radius 1 is 1.17 bits per heavy atom. The summed E-state index contributed by atoms with van der Waals surface area (Å²) >= 11 is 0. The molecular formula is C5H10O. The molecule has 0 unspecified atom stereocenters. The molecule has 1 heteroatoms. The number of hydrogen-bond donors (Lipinski definition) is 1. The first-order valence-corrected chi connectivity index (χ1v) is 2.41. The molecule has 1 aliphatic carbocycles. The van der Waals surface area contributed by atoms with Gasteiger partial charge in [-0.05, 0) is 11.8 Å². The number of rotatable bonds is 0. The van der Waals surface area contributed by atoms with E-state index in [2.05, 4.69) is 13.8 Å². The van der Waals surface area contributed by atoms with Gasteiger partial charge in [0.1, 0.15) is 0 Å². The van der Waals surface area contributed by atoms with Crippen LogP contribution in [0.25, 0.3) is 0 Å². The highest BCUT2D eigenvalue weighted by Gasteiger charge is 2.40. The van der Waals surface area contributed by atoms with Crippen molar-refractivity contribution >= 4 is 0 Å². The summed E-state index contributed by atoms with van der Waals surface area (Å²) in [5, 5.41) is 8.70. The zero-order valence-corrected chi connectivity index (χ0v) is 4.18. The molecular weight excluding hydrogens is 76.1 g/mol. The Bertz CT molecular complexity index is 40.7. The summed E-state index contributed by atoms with van der Waals surface area (Å²) < 4.78 is 0. The standard InChI is InChI=1S/C5H10O/c1-3-4(2)5(3)6/h3-6H,1-2H3/t3-,4-/m0/s1. The molecule has 1 saturated carbocycles. The predicted molar refractivity (Wildman–Crippen MR) is 24.3 cm³/mol. The minimum absolute atomic E-state index is 0.0185. The number of aliphatic hydroxyl groups excluding tert-OH is 1. The van der Waals surface area contributed by atoms with E-state index < -0.39 is 0 Å². The van der Waals surface area contributed by atoms with Crippen LogP contribution in [0.1, 0.15) is 13.8 Å². The normalized spacial score (nSPS) is 55.5. The highest BCUT2D eigenvalue weighted by Crippen LogP contribution is 2.37. The second-order valence-corrected chi connectivity index (χ2v) is 2.21. The van der Waals surface area contributed by atoms with Gasteiger partial charge >= 0.3 is 0 Å². The van der Waals surface area contributed by atoms with E-state index in [1.165, 1.54) is 0 Å². The number of aliphatic hydroxyl groups is 1. The lowest BCUT2D eigenvalue weighted by atomic mass is 10.4. The largest absolute Gasteiger partial charge is 0.393 e. The average molecular weight is 86.1 g/mol. The molecule has 0 amide bonds. The van der Waals surface area contributed by atoms with Crippen molar-refractivity contribution in [1.29, 1.82) is 0 Å².